The summed E-state index contributed by atoms with van der Waals surface area (Å²) < 4.78 is 22.2. The van der Waals surface area contributed by atoms with E-state index in [1.165, 1.54) is 11.8 Å². The van der Waals surface area contributed by atoms with E-state index in [4.69, 9.17) is 0 Å². The Bertz CT molecular complexity index is 581. The molecular formula is C16H27N3O2S. The third-order valence-corrected chi connectivity index (χ3v) is 4.49. The van der Waals surface area contributed by atoms with E-state index in [-0.39, 0.29) is 11.2 Å². The van der Waals surface area contributed by atoms with Gasteiger partial charge in [-0.2, -0.15) is 0 Å². The van der Waals surface area contributed by atoms with E-state index in [0.717, 1.165) is 6.54 Å². The monoisotopic (exact) mass is 325 g/mol. The van der Waals surface area contributed by atoms with Crippen molar-refractivity contribution in [2.24, 2.45) is 4.99 Å². The summed E-state index contributed by atoms with van der Waals surface area (Å²) in [6, 6.07) is 10.3. The fourth-order valence-corrected chi connectivity index (χ4v) is 2.73. The van der Waals surface area contributed by atoms with E-state index >= 15 is 0 Å². The Balaban J connectivity index is 2.44. The summed E-state index contributed by atoms with van der Waals surface area (Å²) in [7, 11) is -1.19. The molecular weight excluding hydrogens is 298 g/mol. The molecule has 0 aliphatic carbocycles. The van der Waals surface area contributed by atoms with Gasteiger partial charge in [0.15, 0.2) is 5.96 Å². The molecule has 2 N–H and O–H groups in total. The van der Waals surface area contributed by atoms with Crippen LogP contribution in [0.15, 0.2) is 35.3 Å². The fraction of sp³-hybridized carbons (Fsp3) is 0.562. The van der Waals surface area contributed by atoms with Gasteiger partial charge in [-0.3, -0.25) is 4.99 Å². The van der Waals surface area contributed by atoms with Gasteiger partial charge in [-0.05, 0) is 12.0 Å². The van der Waals surface area contributed by atoms with Gasteiger partial charge in [0.2, 0.25) is 0 Å². The Kier molecular flexibility index (Phi) is 6.87. The molecule has 0 bridgehead atoms. The number of nitrogens with zero attached hydrogens (tertiary/aromatic N) is 1. The second kappa shape index (κ2) is 8.17. The van der Waals surface area contributed by atoms with E-state index < -0.39 is 9.84 Å². The van der Waals surface area contributed by atoms with Crippen molar-refractivity contribution in [2.45, 2.75) is 25.7 Å². The minimum Gasteiger partial charge on any atom is -0.356 e. The molecule has 6 heteroatoms. The maximum Gasteiger partial charge on any atom is 0.191 e. The number of sulfone groups is 1. The van der Waals surface area contributed by atoms with Crippen LogP contribution in [0.4, 0.5) is 0 Å². The highest BCUT2D eigenvalue weighted by molar-refractivity contribution is 7.90. The number of guanidine groups is 1. The molecule has 0 heterocycles. The lowest BCUT2D eigenvalue weighted by molar-refractivity contribution is 0.508. The average Bonchev–Trinajstić information content (AvgIpc) is 2.46. The minimum atomic E-state index is -2.90. The number of benzene rings is 1. The summed E-state index contributed by atoms with van der Waals surface area (Å²) in [4.78, 5) is 4.16. The number of aliphatic imine (C=N–C) groups is 1. The molecule has 1 rings (SSSR count). The fourth-order valence-electron chi connectivity index (χ4n) is 2.06. The van der Waals surface area contributed by atoms with Crippen molar-refractivity contribution >= 4 is 15.8 Å². The van der Waals surface area contributed by atoms with Crippen molar-refractivity contribution in [1.82, 2.24) is 10.6 Å². The molecule has 1 aromatic rings. The molecule has 0 unspecified atom stereocenters. The second-order valence-electron chi connectivity index (χ2n) is 6.09. The SMILES string of the molecule is CN=C(NCCCS(C)(=O)=O)NCC(C)(C)c1ccccc1. The molecule has 0 fully saturated rings. The van der Waals surface area contributed by atoms with E-state index in [1.807, 2.05) is 18.2 Å². The summed E-state index contributed by atoms with van der Waals surface area (Å²) in [5.74, 6) is 0.879. The third-order valence-electron chi connectivity index (χ3n) is 3.46. The largest absolute Gasteiger partial charge is 0.356 e. The highest BCUT2D eigenvalue weighted by atomic mass is 32.2. The second-order valence-corrected chi connectivity index (χ2v) is 8.35. The van der Waals surface area contributed by atoms with Gasteiger partial charge in [-0.25, -0.2) is 8.42 Å². The Hall–Kier alpha value is -1.56. The molecule has 0 amide bonds. The van der Waals surface area contributed by atoms with Crippen LogP contribution in [0.2, 0.25) is 0 Å². The first-order valence-corrected chi connectivity index (χ1v) is 9.48. The molecule has 0 aliphatic rings. The summed E-state index contributed by atoms with van der Waals surface area (Å²) in [5, 5.41) is 6.44. The molecule has 0 spiro atoms. The number of rotatable bonds is 7. The Labute approximate surface area is 134 Å². The molecule has 1 aromatic carbocycles. The van der Waals surface area contributed by atoms with Crippen LogP contribution in [-0.2, 0) is 15.3 Å². The highest BCUT2D eigenvalue weighted by Gasteiger charge is 2.20. The number of hydrogen-bond acceptors (Lipinski definition) is 3. The number of hydrogen-bond donors (Lipinski definition) is 2. The first-order chi connectivity index (χ1) is 10.2. The minimum absolute atomic E-state index is 0.0222. The molecule has 0 saturated heterocycles. The van der Waals surface area contributed by atoms with E-state index in [0.29, 0.717) is 18.9 Å². The standard InChI is InChI=1S/C16H27N3O2S/c1-16(2,14-9-6-5-7-10-14)13-19-15(17-3)18-11-8-12-22(4,20)21/h5-7,9-10H,8,11-13H2,1-4H3,(H2,17,18,19). The van der Waals surface area contributed by atoms with Gasteiger partial charge in [-0.15, -0.1) is 0 Å². The van der Waals surface area contributed by atoms with Gasteiger partial charge >= 0.3 is 0 Å². The van der Waals surface area contributed by atoms with Gasteiger partial charge in [0, 0.05) is 31.8 Å². The summed E-state index contributed by atoms with van der Waals surface area (Å²) in [6.45, 7) is 5.67. The first kappa shape index (κ1) is 18.5. The van der Waals surface area contributed by atoms with Crippen molar-refractivity contribution in [2.75, 3.05) is 32.1 Å². The quantitative estimate of drug-likeness (QED) is 0.453. The maximum absolute atomic E-state index is 11.1. The first-order valence-electron chi connectivity index (χ1n) is 7.42. The molecule has 124 valence electrons. The van der Waals surface area contributed by atoms with Crippen LogP contribution in [0.5, 0.6) is 0 Å². The van der Waals surface area contributed by atoms with E-state index in [2.05, 4.69) is 41.6 Å². The van der Waals surface area contributed by atoms with Crippen molar-refractivity contribution in [3.8, 4) is 0 Å². The van der Waals surface area contributed by atoms with Gasteiger partial charge in [-0.1, -0.05) is 44.2 Å². The molecule has 5 nitrogen and oxygen atoms in total. The summed E-state index contributed by atoms with van der Waals surface area (Å²) >= 11 is 0. The lowest BCUT2D eigenvalue weighted by Gasteiger charge is -2.26. The van der Waals surface area contributed by atoms with E-state index in [9.17, 15) is 8.42 Å². The average molecular weight is 325 g/mol. The molecule has 0 atom stereocenters. The van der Waals surface area contributed by atoms with Crippen molar-refractivity contribution in [1.29, 1.82) is 0 Å². The summed E-state index contributed by atoms with van der Waals surface area (Å²) in [5.41, 5.74) is 1.24. The molecule has 0 aliphatic heterocycles. The lowest BCUT2D eigenvalue weighted by Crippen LogP contribution is -2.43. The van der Waals surface area contributed by atoms with Crippen LogP contribution in [0.3, 0.4) is 0 Å². The lowest BCUT2D eigenvalue weighted by atomic mass is 9.85. The van der Waals surface area contributed by atoms with Gasteiger partial charge in [0.05, 0.1) is 5.75 Å². The Morgan fingerprint density at radius 1 is 1.18 bits per heavy atom. The van der Waals surface area contributed by atoms with Gasteiger partial charge in [0.1, 0.15) is 9.84 Å². The third kappa shape index (κ3) is 6.93. The molecule has 22 heavy (non-hydrogen) atoms. The van der Waals surface area contributed by atoms with Crippen LogP contribution in [0, 0.1) is 0 Å². The maximum atomic E-state index is 11.1. The zero-order valence-corrected chi connectivity index (χ0v) is 14.7. The van der Waals surface area contributed by atoms with Crippen LogP contribution in [0.25, 0.3) is 0 Å². The predicted octanol–water partition coefficient (Wildman–Crippen LogP) is 1.56. The molecule has 0 saturated carbocycles. The van der Waals surface area contributed by atoms with E-state index in [1.54, 1.807) is 7.05 Å². The van der Waals surface area contributed by atoms with Crippen molar-refractivity contribution in [3.63, 3.8) is 0 Å². The van der Waals surface area contributed by atoms with Crippen LogP contribution < -0.4 is 10.6 Å². The van der Waals surface area contributed by atoms with Gasteiger partial charge in [0.25, 0.3) is 0 Å². The van der Waals surface area contributed by atoms with Crippen LogP contribution in [0.1, 0.15) is 25.8 Å². The smallest absolute Gasteiger partial charge is 0.191 e. The topological polar surface area (TPSA) is 70.6 Å². The normalized spacial score (nSPS) is 13.0. The van der Waals surface area contributed by atoms with Crippen LogP contribution in [-0.4, -0.2) is 46.5 Å². The van der Waals surface area contributed by atoms with Crippen molar-refractivity contribution < 1.29 is 8.42 Å². The highest BCUT2D eigenvalue weighted by Crippen LogP contribution is 2.21. The van der Waals surface area contributed by atoms with Crippen molar-refractivity contribution in [3.05, 3.63) is 35.9 Å². The predicted molar refractivity (Wildman–Crippen MR) is 93.2 cm³/mol. The van der Waals surface area contributed by atoms with Crippen LogP contribution >= 0.6 is 0 Å². The number of nitrogens with one attached hydrogen (secondary N) is 2. The Morgan fingerprint density at radius 2 is 1.82 bits per heavy atom. The molecule has 0 radical (unpaired) electrons. The Morgan fingerprint density at radius 3 is 2.36 bits per heavy atom. The zero-order valence-electron chi connectivity index (χ0n) is 13.9. The van der Waals surface area contributed by atoms with Gasteiger partial charge < -0.3 is 10.6 Å². The molecule has 0 aromatic heterocycles. The zero-order chi connectivity index (χ0) is 16.6. The summed E-state index contributed by atoms with van der Waals surface area (Å²) in [6.07, 6.45) is 1.82.